The van der Waals surface area contributed by atoms with Crippen LogP contribution < -0.4 is 10.6 Å². The molecule has 0 unspecified atom stereocenters. The summed E-state index contributed by atoms with van der Waals surface area (Å²) in [5.74, 6) is 0. The van der Waals surface area contributed by atoms with E-state index in [4.69, 9.17) is 5.73 Å². The quantitative estimate of drug-likeness (QED) is 0.818. The zero-order chi connectivity index (χ0) is 11.0. The lowest BCUT2D eigenvalue weighted by molar-refractivity contribution is 0.253. The van der Waals surface area contributed by atoms with E-state index < -0.39 is 0 Å². The highest BCUT2D eigenvalue weighted by molar-refractivity contribution is 5.81. The van der Waals surface area contributed by atoms with Gasteiger partial charge in [0, 0.05) is 17.8 Å². The maximum atomic E-state index is 6.34. The van der Waals surface area contributed by atoms with Crippen molar-refractivity contribution in [1.82, 2.24) is 0 Å². The summed E-state index contributed by atoms with van der Waals surface area (Å²) in [5.41, 5.74) is 8.77. The summed E-state index contributed by atoms with van der Waals surface area (Å²) in [6.07, 6.45) is 5.41. The van der Waals surface area contributed by atoms with Crippen molar-refractivity contribution in [2.45, 2.75) is 24.8 Å². The van der Waals surface area contributed by atoms with E-state index in [-0.39, 0.29) is 5.54 Å². The van der Waals surface area contributed by atoms with E-state index in [1.807, 2.05) is 6.34 Å². The Bertz CT molecular complexity index is 421. The van der Waals surface area contributed by atoms with Gasteiger partial charge in [-0.3, -0.25) is 4.99 Å². The van der Waals surface area contributed by atoms with Gasteiger partial charge in [0.2, 0.25) is 0 Å². The molecule has 1 fully saturated rings. The molecule has 3 nitrogen and oxygen atoms in total. The van der Waals surface area contributed by atoms with Crippen LogP contribution in [0.1, 0.15) is 24.8 Å². The molecule has 1 heterocycles. The van der Waals surface area contributed by atoms with Gasteiger partial charge in [0.1, 0.15) is 0 Å². The zero-order valence-corrected chi connectivity index (χ0v) is 9.39. The second-order valence-corrected chi connectivity index (χ2v) is 4.78. The lowest BCUT2D eigenvalue weighted by atomic mass is 9.73. The second kappa shape index (κ2) is 3.59. The van der Waals surface area contributed by atoms with Gasteiger partial charge >= 0.3 is 0 Å². The number of benzene rings is 1. The number of nitrogens with zero attached hydrogens (tertiary/aromatic N) is 2. The minimum Gasteiger partial charge on any atom is -0.331 e. The first-order chi connectivity index (χ1) is 7.78. The Morgan fingerprint density at radius 2 is 2.19 bits per heavy atom. The van der Waals surface area contributed by atoms with E-state index in [0.29, 0.717) is 0 Å². The van der Waals surface area contributed by atoms with Crippen LogP contribution >= 0.6 is 0 Å². The Labute approximate surface area is 96.0 Å². The molecule has 2 aliphatic rings. The van der Waals surface area contributed by atoms with E-state index in [9.17, 15) is 0 Å². The minimum absolute atomic E-state index is 0.0626. The number of nitrogens with two attached hydrogens (primary N) is 1. The summed E-state index contributed by atoms with van der Waals surface area (Å²) >= 11 is 0. The maximum absolute atomic E-state index is 6.34. The summed E-state index contributed by atoms with van der Waals surface area (Å²) in [7, 11) is 0. The molecule has 0 spiro atoms. The van der Waals surface area contributed by atoms with Crippen molar-refractivity contribution in [2.75, 3.05) is 18.0 Å². The van der Waals surface area contributed by atoms with Crippen molar-refractivity contribution < 1.29 is 0 Å². The molecule has 1 aromatic rings. The van der Waals surface area contributed by atoms with Crippen molar-refractivity contribution >= 4 is 12.0 Å². The van der Waals surface area contributed by atoms with E-state index in [1.165, 1.54) is 17.7 Å². The van der Waals surface area contributed by atoms with Crippen molar-refractivity contribution in [2.24, 2.45) is 10.7 Å². The largest absolute Gasteiger partial charge is 0.331 e. The lowest BCUT2D eigenvalue weighted by Gasteiger charge is -2.39. The van der Waals surface area contributed by atoms with Gasteiger partial charge < -0.3 is 10.6 Å². The average molecular weight is 215 g/mol. The van der Waals surface area contributed by atoms with Crippen molar-refractivity contribution in [1.29, 1.82) is 0 Å². The number of anilines is 1. The van der Waals surface area contributed by atoms with Crippen LogP contribution in [0.5, 0.6) is 0 Å². The molecule has 0 atom stereocenters. The topological polar surface area (TPSA) is 41.6 Å². The predicted molar refractivity (Wildman–Crippen MR) is 66.9 cm³/mol. The third-order valence-electron chi connectivity index (χ3n) is 3.69. The van der Waals surface area contributed by atoms with Gasteiger partial charge in [-0.05, 0) is 37.0 Å². The Morgan fingerprint density at radius 3 is 2.81 bits per heavy atom. The van der Waals surface area contributed by atoms with Gasteiger partial charge in [-0.2, -0.15) is 0 Å². The van der Waals surface area contributed by atoms with Crippen LogP contribution in [0.25, 0.3) is 0 Å². The van der Waals surface area contributed by atoms with Gasteiger partial charge in [-0.1, -0.05) is 12.1 Å². The summed E-state index contributed by atoms with van der Waals surface area (Å²) < 4.78 is 0. The molecule has 2 N–H and O–H groups in total. The third-order valence-corrected chi connectivity index (χ3v) is 3.69. The maximum Gasteiger partial charge on any atom is 0.0895 e. The van der Waals surface area contributed by atoms with Crippen LogP contribution in [0.4, 0.5) is 5.69 Å². The first-order valence-corrected chi connectivity index (χ1v) is 5.94. The molecule has 3 heteroatoms. The van der Waals surface area contributed by atoms with E-state index in [2.05, 4.69) is 34.2 Å². The second-order valence-electron chi connectivity index (χ2n) is 4.78. The Hall–Kier alpha value is -1.35. The summed E-state index contributed by atoms with van der Waals surface area (Å²) in [5, 5.41) is 0. The van der Waals surface area contributed by atoms with Crippen molar-refractivity contribution in [3.63, 3.8) is 0 Å². The normalized spacial score (nSPS) is 22.2. The van der Waals surface area contributed by atoms with E-state index >= 15 is 0 Å². The molecule has 0 bridgehead atoms. The minimum atomic E-state index is -0.0626. The molecule has 1 aliphatic carbocycles. The first kappa shape index (κ1) is 9.85. The van der Waals surface area contributed by atoms with Crippen molar-refractivity contribution in [3.05, 3.63) is 29.8 Å². The molecule has 0 aromatic heterocycles. The molecule has 84 valence electrons. The van der Waals surface area contributed by atoms with Gasteiger partial charge in [0.15, 0.2) is 0 Å². The zero-order valence-electron chi connectivity index (χ0n) is 9.39. The van der Waals surface area contributed by atoms with Crippen LogP contribution in [-0.4, -0.2) is 19.4 Å². The molecule has 0 amide bonds. The molecule has 1 aliphatic heterocycles. The van der Waals surface area contributed by atoms with Gasteiger partial charge in [0.25, 0.3) is 0 Å². The van der Waals surface area contributed by atoms with Gasteiger partial charge in [-0.15, -0.1) is 0 Å². The van der Waals surface area contributed by atoms with Crippen LogP contribution in [0, 0.1) is 0 Å². The SMILES string of the molecule is NC1(c2cccc(N3C=NCC3)c2)CCC1. The standard InChI is InChI=1S/C13H17N3/c14-13(5-2-6-13)11-3-1-4-12(9-11)16-8-7-15-10-16/h1,3-4,9-10H,2,5-8,14H2. The molecule has 3 rings (SSSR count). The van der Waals surface area contributed by atoms with Gasteiger partial charge in [0.05, 0.1) is 12.9 Å². The molecule has 1 aromatic carbocycles. The van der Waals surface area contributed by atoms with Crippen LogP contribution in [0.3, 0.4) is 0 Å². The number of hydrogen-bond donors (Lipinski definition) is 1. The Morgan fingerprint density at radius 1 is 1.31 bits per heavy atom. The smallest absolute Gasteiger partial charge is 0.0895 e. The molecule has 1 saturated carbocycles. The van der Waals surface area contributed by atoms with Gasteiger partial charge in [-0.25, -0.2) is 0 Å². The number of hydrogen-bond acceptors (Lipinski definition) is 3. The van der Waals surface area contributed by atoms with Crippen LogP contribution in [0.15, 0.2) is 29.3 Å². The summed E-state index contributed by atoms with van der Waals surface area (Å²) in [6, 6.07) is 8.60. The van der Waals surface area contributed by atoms with E-state index in [1.54, 1.807) is 0 Å². The highest BCUT2D eigenvalue weighted by atomic mass is 15.2. The fraction of sp³-hybridized carbons (Fsp3) is 0.462. The monoisotopic (exact) mass is 215 g/mol. The van der Waals surface area contributed by atoms with E-state index in [0.717, 1.165) is 25.9 Å². The average Bonchev–Trinajstić information content (AvgIpc) is 2.79. The fourth-order valence-corrected chi connectivity index (χ4v) is 2.42. The summed E-state index contributed by atoms with van der Waals surface area (Å²) in [6.45, 7) is 1.89. The number of rotatable bonds is 2. The number of aliphatic imine (C=N–C) groups is 1. The molecule has 0 radical (unpaired) electrons. The highest BCUT2D eigenvalue weighted by Crippen LogP contribution is 2.39. The highest BCUT2D eigenvalue weighted by Gasteiger charge is 2.34. The summed E-state index contributed by atoms with van der Waals surface area (Å²) in [4.78, 5) is 6.42. The lowest BCUT2D eigenvalue weighted by Crippen LogP contribution is -2.43. The van der Waals surface area contributed by atoms with Crippen LogP contribution in [-0.2, 0) is 5.54 Å². The molecular weight excluding hydrogens is 198 g/mol. The molecule has 0 saturated heterocycles. The Balaban J connectivity index is 1.90. The Kier molecular flexibility index (Phi) is 2.21. The van der Waals surface area contributed by atoms with Crippen LogP contribution in [0.2, 0.25) is 0 Å². The molecule has 16 heavy (non-hydrogen) atoms. The predicted octanol–water partition coefficient (Wildman–Crippen LogP) is 1.87. The third kappa shape index (κ3) is 1.52. The fourth-order valence-electron chi connectivity index (χ4n) is 2.42. The molecular formula is C13H17N3. The van der Waals surface area contributed by atoms with Crippen molar-refractivity contribution in [3.8, 4) is 0 Å². The first-order valence-electron chi connectivity index (χ1n) is 5.94.